The fourth-order valence-corrected chi connectivity index (χ4v) is 1.82. The second-order valence-electron chi connectivity index (χ2n) is 5.07. The van der Waals surface area contributed by atoms with Gasteiger partial charge in [-0.25, -0.2) is 0 Å². The minimum absolute atomic E-state index is 0.0514. The number of pyridine rings is 1. The van der Waals surface area contributed by atoms with Gasteiger partial charge >= 0.3 is 0 Å². The molecule has 0 saturated carbocycles. The van der Waals surface area contributed by atoms with Gasteiger partial charge in [0.25, 0.3) is 0 Å². The van der Waals surface area contributed by atoms with E-state index in [1.54, 1.807) is 6.20 Å². The van der Waals surface area contributed by atoms with Crippen molar-refractivity contribution in [3.8, 4) is 0 Å². The molecule has 1 unspecified atom stereocenters. The van der Waals surface area contributed by atoms with Crippen LogP contribution in [0.3, 0.4) is 0 Å². The van der Waals surface area contributed by atoms with E-state index in [-0.39, 0.29) is 11.9 Å². The quantitative estimate of drug-likeness (QED) is 0.884. The Morgan fingerprint density at radius 3 is 2.89 bits per heavy atom. The van der Waals surface area contributed by atoms with Crippen molar-refractivity contribution in [1.29, 1.82) is 0 Å². The molecule has 0 saturated heterocycles. The molecule has 0 bridgehead atoms. The molecule has 19 heavy (non-hydrogen) atoms. The van der Waals surface area contributed by atoms with Gasteiger partial charge in [0, 0.05) is 29.7 Å². The van der Waals surface area contributed by atoms with Gasteiger partial charge in [-0.1, -0.05) is 19.9 Å². The molecule has 4 heteroatoms. The van der Waals surface area contributed by atoms with Crippen molar-refractivity contribution in [1.82, 2.24) is 4.98 Å². The first kappa shape index (κ1) is 13.5. The highest BCUT2D eigenvalue weighted by atomic mass is 16.1. The molecule has 0 radical (unpaired) electrons. The van der Waals surface area contributed by atoms with Crippen LogP contribution in [0.2, 0.25) is 0 Å². The lowest BCUT2D eigenvalue weighted by Crippen LogP contribution is -2.31. The molecule has 4 nitrogen and oxygen atoms in total. The van der Waals surface area contributed by atoms with E-state index in [1.807, 2.05) is 44.2 Å². The molecule has 2 rings (SSSR count). The van der Waals surface area contributed by atoms with E-state index in [0.29, 0.717) is 12.3 Å². The first-order valence-electron chi connectivity index (χ1n) is 6.46. The van der Waals surface area contributed by atoms with Crippen LogP contribution < -0.4 is 11.1 Å². The molecule has 1 aromatic carbocycles. The number of nitrogens with two attached hydrogens (primary N) is 1. The Bertz CT molecular complexity index is 580. The molecule has 1 amide bonds. The topological polar surface area (TPSA) is 68.0 Å². The molecular formula is C15H19N3O. The van der Waals surface area contributed by atoms with E-state index in [0.717, 1.165) is 16.6 Å². The number of carbonyl (C=O) groups is 1. The molecule has 2 aromatic rings. The predicted molar refractivity (Wildman–Crippen MR) is 77.8 cm³/mol. The first-order valence-corrected chi connectivity index (χ1v) is 6.46. The van der Waals surface area contributed by atoms with Crippen LogP contribution in [-0.4, -0.2) is 16.9 Å². The van der Waals surface area contributed by atoms with Crippen molar-refractivity contribution >= 4 is 22.5 Å². The van der Waals surface area contributed by atoms with Crippen LogP contribution in [0.1, 0.15) is 20.3 Å². The molecule has 100 valence electrons. The number of nitrogens with one attached hydrogen (secondary N) is 1. The van der Waals surface area contributed by atoms with Crippen LogP contribution in [0.25, 0.3) is 10.9 Å². The van der Waals surface area contributed by atoms with Crippen molar-refractivity contribution in [3.05, 3.63) is 36.5 Å². The van der Waals surface area contributed by atoms with Crippen LogP contribution in [0.4, 0.5) is 5.69 Å². The summed E-state index contributed by atoms with van der Waals surface area (Å²) in [5.74, 6) is 0.246. The summed E-state index contributed by atoms with van der Waals surface area (Å²) in [5.41, 5.74) is 7.59. The highest BCUT2D eigenvalue weighted by molar-refractivity contribution is 5.93. The monoisotopic (exact) mass is 257 g/mol. The van der Waals surface area contributed by atoms with Crippen molar-refractivity contribution in [3.63, 3.8) is 0 Å². The normalized spacial score (nSPS) is 12.6. The number of carbonyl (C=O) groups excluding carboxylic acids is 1. The number of nitrogens with zero attached hydrogens (tertiary/aromatic N) is 1. The largest absolute Gasteiger partial charge is 0.327 e. The Balaban J connectivity index is 2.07. The molecule has 1 aromatic heterocycles. The number of benzene rings is 1. The number of fused-ring (bicyclic) bond motifs is 1. The fraction of sp³-hybridized carbons (Fsp3) is 0.333. The maximum Gasteiger partial charge on any atom is 0.225 e. The zero-order valence-electron chi connectivity index (χ0n) is 11.3. The summed E-state index contributed by atoms with van der Waals surface area (Å²) in [6.07, 6.45) is 2.09. The van der Waals surface area contributed by atoms with Crippen LogP contribution in [-0.2, 0) is 4.79 Å². The second-order valence-corrected chi connectivity index (χ2v) is 5.07. The lowest BCUT2D eigenvalue weighted by atomic mass is 10.0. The van der Waals surface area contributed by atoms with E-state index >= 15 is 0 Å². The van der Waals surface area contributed by atoms with E-state index in [2.05, 4.69) is 10.3 Å². The maximum absolute atomic E-state index is 11.9. The Kier molecular flexibility index (Phi) is 4.12. The number of amides is 1. The van der Waals surface area contributed by atoms with E-state index in [4.69, 9.17) is 5.73 Å². The molecule has 0 spiro atoms. The zero-order chi connectivity index (χ0) is 13.8. The van der Waals surface area contributed by atoms with Gasteiger partial charge in [-0.2, -0.15) is 0 Å². The standard InChI is InChI=1S/C15H19N3O/c1-10(2)13(16)9-15(19)18-12-5-6-14-11(8-12)4-3-7-17-14/h3-8,10,13H,9,16H2,1-2H3,(H,18,19). The molecule has 3 N–H and O–H groups in total. The van der Waals surface area contributed by atoms with Gasteiger partial charge in [-0.05, 0) is 30.2 Å². The molecule has 0 aliphatic rings. The summed E-state index contributed by atoms with van der Waals surface area (Å²) in [7, 11) is 0. The molecular weight excluding hydrogens is 238 g/mol. The fourth-order valence-electron chi connectivity index (χ4n) is 1.82. The number of hydrogen-bond donors (Lipinski definition) is 2. The summed E-state index contributed by atoms with van der Waals surface area (Å²) in [4.78, 5) is 16.1. The molecule has 0 aliphatic heterocycles. The third kappa shape index (κ3) is 3.51. The van der Waals surface area contributed by atoms with Gasteiger partial charge in [0.05, 0.1) is 5.52 Å². The number of hydrogen-bond acceptors (Lipinski definition) is 3. The van der Waals surface area contributed by atoms with E-state index in [9.17, 15) is 4.79 Å². The molecule has 0 fully saturated rings. The number of aromatic nitrogens is 1. The molecule has 1 atom stereocenters. The van der Waals surface area contributed by atoms with Crippen molar-refractivity contribution in [2.24, 2.45) is 11.7 Å². The zero-order valence-corrected chi connectivity index (χ0v) is 11.3. The van der Waals surface area contributed by atoms with E-state index in [1.165, 1.54) is 0 Å². The summed E-state index contributed by atoms with van der Waals surface area (Å²) in [5, 5.41) is 3.88. The second kappa shape index (κ2) is 5.80. The van der Waals surface area contributed by atoms with Gasteiger partial charge < -0.3 is 11.1 Å². The van der Waals surface area contributed by atoms with Gasteiger partial charge in [-0.3, -0.25) is 9.78 Å². The third-order valence-corrected chi connectivity index (χ3v) is 3.16. The van der Waals surface area contributed by atoms with Gasteiger partial charge in [0.2, 0.25) is 5.91 Å². The van der Waals surface area contributed by atoms with Gasteiger partial charge in [-0.15, -0.1) is 0 Å². The van der Waals surface area contributed by atoms with Crippen LogP contribution in [0.5, 0.6) is 0 Å². The summed E-state index contributed by atoms with van der Waals surface area (Å²) in [6, 6.07) is 9.41. The Morgan fingerprint density at radius 1 is 1.37 bits per heavy atom. The highest BCUT2D eigenvalue weighted by Crippen LogP contribution is 2.17. The van der Waals surface area contributed by atoms with E-state index < -0.39 is 0 Å². The molecule has 1 heterocycles. The van der Waals surface area contributed by atoms with Crippen molar-refractivity contribution in [2.75, 3.05) is 5.32 Å². The smallest absolute Gasteiger partial charge is 0.225 e. The van der Waals surface area contributed by atoms with Crippen molar-refractivity contribution in [2.45, 2.75) is 26.3 Å². The van der Waals surface area contributed by atoms with Crippen LogP contribution in [0.15, 0.2) is 36.5 Å². The Hall–Kier alpha value is -1.94. The Morgan fingerprint density at radius 2 is 2.16 bits per heavy atom. The van der Waals surface area contributed by atoms with Crippen LogP contribution in [0, 0.1) is 5.92 Å². The van der Waals surface area contributed by atoms with Crippen molar-refractivity contribution < 1.29 is 4.79 Å². The average molecular weight is 257 g/mol. The summed E-state index contributed by atoms with van der Waals surface area (Å²) < 4.78 is 0. The lowest BCUT2D eigenvalue weighted by Gasteiger charge is -2.15. The highest BCUT2D eigenvalue weighted by Gasteiger charge is 2.13. The minimum atomic E-state index is -0.109. The third-order valence-electron chi connectivity index (χ3n) is 3.16. The SMILES string of the molecule is CC(C)C(N)CC(=O)Nc1ccc2ncccc2c1. The number of rotatable bonds is 4. The molecule has 0 aliphatic carbocycles. The average Bonchev–Trinajstić information content (AvgIpc) is 2.38. The van der Waals surface area contributed by atoms with Gasteiger partial charge in [0.1, 0.15) is 0 Å². The first-order chi connectivity index (χ1) is 9.06. The number of anilines is 1. The predicted octanol–water partition coefficient (Wildman–Crippen LogP) is 2.55. The van der Waals surface area contributed by atoms with Gasteiger partial charge in [0.15, 0.2) is 0 Å². The van der Waals surface area contributed by atoms with Crippen LogP contribution >= 0.6 is 0 Å². The maximum atomic E-state index is 11.9. The summed E-state index contributed by atoms with van der Waals surface area (Å²) >= 11 is 0. The lowest BCUT2D eigenvalue weighted by molar-refractivity contribution is -0.116. The minimum Gasteiger partial charge on any atom is -0.327 e. The Labute approximate surface area is 113 Å². The summed E-state index contributed by atoms with van der Waals surface area (Å²) in [6.45, 7) is 4.03.